The van der Waals surface area contributed by atoms with Gasteiger partial charge in [-0.1, -0.05) is 6.07 Å². The van der Waals surface area contributed by atoms with E-state index in [1.165, 1.54) is 11.1 Å². The van der Waals surface area contributed by atoms with Gasteiger partial charge >= 0.3 is 0 Å². The Kier molecular flexibility index (Phi) is 4.37. The summed E-state index contributed by atoms with van der Waals surface area (Å²) in [5.41, 5.74) is 8.41. The van der Waals surface area contributed by atoms with Crippen LogP contribution in [0.3, 0.4) is 0 Å². The van der Waals surface area contributed by atoms with Crippen LogP contribution < -0.4 is 15.8 Å². The summed E-state index contributed by atoms with van der Waals surface area (Å²) in [4.78, 5) is 11.3. The lowest BCUT2D eigenvalue weighted by Crippen LogP contribution is -2.29. The highest BCUT2D eigenvalue weighted by Crippen LogP contribution is 2.30. The van der Waals surface area contributed by atoms with Crippen molar-refractivity contribution in [2.45, 2.75) is 25.3 Å². The van der Waals surface area contributed by atoms with E-state index in [0.29, 0.717) is 5.75 Å². The molecule has 0 aromatic heterocycles. The lowest BCUT2D eigenvalue weighted by Gasteiger charge is -2.22. The van der Waals surface area contributed by atoms with Gasteiger partial charge in [0.25, 0.3) is 5.91 Å². The van der Waals surface area contributed by atoms with Crippen molar-refractivity contribution < 1.29 is 9.53 Å². The van der Waals surface area contributed by atoms with Crippen LogP contribution in [0.15, 0.2) is 18.2 Å². The number of ether oxygens (including phenoxy) is 1. The average molecular weight is 259 g/mol. The fourth-order valence-corrected chi connectivity index (χ4v) is 2.26. The maximum absolute atomic E-state index is 11.3. The molecule has 1 unspecified atom stereocenters. The second kappa shape index (κ2) is 6.21. The van der Waals surface area contributed by atoms with Crippen molar-refractivity contribution in [3.05, 3.63) is 29.3 Å². The van der Waals surface area contributed by atoms with E-state index in [-0.39, 0.29) is 25.1 Å². The average Bonchev–Trinajstić information content (AvgIpc) is 2.43. The predicted molar refractivity (Wildman–Crippen MR) is 70.4 cm³/mol. The van der Waals surface area contributed by atoms with Gasteiger partial charge in [0, 0.05) is 6.04 Å². The van der Waals surface area contributed by atoms with Crippen LogP contribution in [0.1, 0.15) is 30.0 Å². The lowest BCUT2D eigenvalue weighted by atomic mass is 9.88. The van der Waals surface area contributed by atoms with Crippen molar-refractivity contribution >= 4 is 5.91 Å². The Hall–Kier alpha value is -2.06. The number of hydrogen-bond acceptors (Lipinski definition) is 4. The number of benzene rings is 1. The summed E-state index contributed by atoms with van der Waals surface area (Å²) >= 11 is 0. The predicted octanol–water partition coefficient (Wildman–Crippen LogP) is 1.04. The van der Waals surface area contributed by atoms with Crippen molar-refractivity contribution in [2.24, 2.45) is 5.73 Å². The molecule has 0 aliphatic heterocycles. The fraction of sp³-hybridized carbons (Fsp3) is 0.429. The number of hydrogen-bond donors (Lipinski definition) is 2. The molecule has 1 aliphatic rings. The van der Waals surface area contributed by atoms with Gasteiger partial charge in [-0.3, -0.25) is 4.79 Å². The molecule has 0 spiro atoms. The third kappa shape index (κ3) is 3.46. The number of fused-ring (bicyclic) bond motifs is 1. The number of carbonyl (C=O) groups is 1. The van der Waals surface area contributed by atoms with Gasteiger partial charge < -0.3 is 15.8 Å². The number of aryl methyl sites for hydroxylation is 1. The fourth-order valence-electron chi connectivity index (χ4n) is 2.26. The highest BCUT2D eigenvalue weighted by molar-refractivity contribution is 5.77. The van der Waals surface area contributed by atoms with E-state index in [2.05, 4.69) is 5.32 Å². The molecule has 0 saturated carbocycles. The van der Waals surface area contributed by atoms with E-state index >= 15 is 0 Å². The minimum Gasteiger partial charge on any atom is -0.484 e. The molecule has 1 aliphatic carbocycles. The standard InChI is InChI=1S/C14H17N3O2/c15-6-7-17-14(18)9-19-11-4-5-12-10(8-11)2-1-3-13(12)16/h4-5,8,13H,1-3,7,9,16H2,(H,17,18). The smallest absolute Gasteiger partial charge is 0.258 e. The summed E-state index contributed by atoms with van der Waals surface area (Å²) in [5, 5.41) is 10.8. The van der Waals surface area contributed by atoms with Gasteiger partial charge in [0.05, 0.1) is 6.07 Å². The van der Waals surface area contributed by atoms with Gasteiger partial charge in [0.1, 0.15) is 12.3 Å². The Balaban J connectivity index is 1.95. The summed E-state index contributed by atoms with van der Waals surface area (Å²) in [6.45, 7) is -0.0756. The summed E-state index contributed by atoms with van der Waals surface area (Å²) in [7, 11) is 0. The topological polar surface area (TPSA) is 88.1 Å². The molecule has 0 saturated heterocycles. The molecule has 0 radical (unpaired) electrons. The van der Waals surface area contributed by atoms with Crippen molar-refractivity contribution in [3.8, 4) is 11.8 Å². The second-order valence-electron chi connectivity index (χ2n) is 4.58. The van der Waals surface area contributed by atoms with E-state index in [1.807, 2.05) is 24.3 Å². The van der Waals surface area contributed by atoms with Gasteiger partial charge in [-0.15, -0.1) is 0 Å². The minimum atomic E-state index is -0.295. The van der Waals surface area contributed by atoms with E-state index in [4.69, 9.17) is 15.7 Å². The number of amides is 1. The quantitative estimate of drug-likeness (QED) is 0.791. The Bertz CT molecular complexity index is 508. The van der Waals surface area contributed by atoms with E-state index in [1.54, 1.807) is 0 Å². The number of nitriles is 1. The summed E-state index contributed by atoms with van der Waals surface area (Å²) in [6.07, 6.45) is 3.10. The third-order valence-electron chi connectivity index (χ3n) is 3.21. The summed E-state index contributed by atoms with van der Waals surface area (Å²) < 4.78 is 5.40. The third-order valence-corrected chi connectivity index (χ3v) is 3.21. The van der Waals surface area contributed by atoms with Crippen LogP contribution >= 0.6 is 0 Å². The molecule has 1 aromatic rings. The van der Waals surface area contributed by atoms with Crippen LogP contribution in [-0.2, 0) is 11.2 Å². The second-order valence-corrected chi connectivity index (χ2v) is 4.58. The Morgan fingerprint density at radius 3 is 3.21 bits per heavy atom. The number of rotatable bonds is 4. The first-order valence-electron chi connectivity index (χ1n) is 6.35. The number of nitrogens with zero attached hydrogens (tertiary/aromatic N) is 1. The number of carbonyl (C=O) groups excluding carboxylic acids is 1. The molecule has 5 heteroatoms. The SMILES string of the molecule is N#CCNC(=O)COc1ccc2c(c1)CCCC2N. The zero-order valence-electron chi connectivity index (χ0n) is 10.7. The molecule has 100 valence electrons. The molecule has 2 rings (SSSR count). The first-order chi connectivity index (χ1) is 9.20. The van der Waals surface area contributed by atoms with Gasteiger partial charge in [0.2, 0.25) is 0 Å². The summed E-state index contributed by atoms with van der Waals surface area (Å²) in [6, 6.07) is 7.71. The first-order valence-corrected chi connectivity index (χ1v) is 6.35. The number of nitrogens with two attached hydrogens (primary N) is 1. The van der Waals surface area contributed by atoms with Crippen LogP contribution in [0.5, 0.6) is 5.75 Å². The van der Waals surface area contributed by atoms with Crippen LogP contribution in [-0.4, -0.2) is 19.1 Å². The van der Waals surface area contributed by atoms with Crippen molar-refractivity contribution in [1.82, 2.24) is 5.32 Å². The van der Waals surface area contributed by atoms with Crippen LogP contribution in [0.2, 0.25) is 0 Å². The Labute approximate surface area is 112 Å². The first kappa shape index (κ1) is 13.4. The van der Waals surface area contributed by atoms with Crippen LogP contribution in [0.25, 0.3) is 0 Å². The van der Waals surface area contributed by atoms with Crippen LogP contribution in [0, 0.1) is 11.3 Å². The maximum Gasteiger partial charge on any atom is 0.258 e. The molecule has 5 nitrogen and oxygen atoms in total. The van der Waals surface area contributed by atoms with Gasteiger partial charge in [-0.25, -0.2) is 0 Å². The molecule has 0 fully saturated rings. The molecular formula is C14H17N3O2. The van der Waals surface area contributed by atoms with Gasteiger partial charge in [0.15, 0.2) is 6.61 Å². The highest BCUT2D eigenvalue weighted by atomic mass is 16.5. The van der Waals surface area contributed by atoms with Crippen molar-refractivity contribution in [3.63, 3.8) is 0 Å². The van der Waals surface area contributed by atoms with Crippen LogP contribution in [0.4, 0.5) is 0 Å². The van der Waals surface area contributed by atoms with Crippen molar-refractivity contribution in [1.29, 1.82) is 5.26 Å². The lowest BCUT2D eigenvalue weighted by molar-refractivity contribution is -0.122. The van der Waals surface area contributed by atoms with E-state index < -0.39 is 0 Å². The molecule has 0 bridgehead atoms. The minimum absolute atomic E-state index is 0.00122. The van der Waals surface area contributed by atoms with E-state index in [0.717, 1.165) is 19.3 Å². The zero-order valence-corrected chi connectivity index (χ0v) is 10.7. The Morgan fingerprint density at radius 2 is 2.42 bits per heavy atom. The largest absolute Gasteiger partial charge is 0.484 e. The summed E-state index contributed by atoms with van der Waals surface area (Å²) in [5.74, 6) is 0.371. The number of nitrogens with one attached hydrogen (secondary N) is 1. The molecular weight excluding hydrogens is 242 g/mol. The molecule has 1 aromatic carbocycles. The highest BCUT2D eigenvalue weighted by Gasteiger charge is 2.17. The van der Waals surface area contributed by atoms with Gasteiger partial charge in [-0.2, -0.15) is 5.26 Å². The molecule has 0 heterocycles. The Morgan fingerprint density at radius 1 is 1.58 bits per heavy atom. The monoisotopic (exact) mass is 259 g/mol. The van der Waals surface area contributed by atoms with Crippen molar-refractivity contribution in [2.75, 3.05) is 13.2 Å². The normalized spacial score (nSPS) is 17.2. The molecule has 1 amide bonds. The molecule has 3 N–H and O–H groups in total. The molecule has 1 atom stereocenters. The van der Waals surface area contributed by atoms with Gasteiger partial charge in [-0.05, 0) is 42.5 Å². The van der Waals surface area contributed by atoms with E-state index in [9.17, 15) is 4.79 Å². The maximum atomic E-state index is 11.3. The molecule has 19 heavy (non-hydrogen) atoms. The zero-order chi connectivity index (χ0) is 13.7.